The lowest BCUT2D eigenvalue weighted by atomic mass is 9.87. The Balaban J connectivity index is 1.41. The van der Waals surface area contributed by atoms with Gasteiger partial charge in [0.25, 0.3) is 0 Å². The minimum Gasteiger partial charge on any atom is -0.489 e. The summed E-state index contributed by atoms with van der Waals surface area (Å²) < 4.78 is 17.7. The van der Waals surface area contributed by atoms with Crippen molar-refractivity contribution in [3.8, 4) is 11.5 Å². The Morgan fingerprint density at radius 3 is 2.00 bits per heavy atom. The molecule has 0 bridgehead atoms. The Morgan fingerprint density at radius 2 is 1.38 bits per heavy atom. The standard InChI is InChI=1S/C34H31NO4/c1-34(2,3)28-17-14-26(15-18-28)32-35-30(33(36)39-32)20-27-16-19-29(37-22-24-10-6-4-7-11-24)21-31(27)38-23-25-12-8-5-9-13-25/h4-21H,22-23H2,1-3H3/b30-20+. The molecule has 4 aromatic carbocycles. The molecule has 0 saturated carbocycles. The first-order valence-corrected chi connectivity index (χ1v) is 13.0. The Hall–Kier alpha value is -4.64. The molecule has 0 amide bonds. The van der Waals surface area contributed by atoms with Gasteiger partial charge in [0.15, 0.2) is 5.70 Å². The number of nitrogens with zero attached hydrogens (tertiary/aromatic N) is 1. The highest BCUT2D eigenvalue weighted by Crippen LogP contribution is 2.30. The van der Waals surface area contributed by atoms with Gasteiger partial charge < -0.3 is 14.2 Å². The second-order valence-corrected chi connectivity index (χ2v) is 10.4. The highest BCUT2D eigenvalue weighted by molar-refractivity contribution is 6.13. The minimum absolute atomic E-state index is 0.0326. The smallest absolute Gasteiger partial charge is 0.363 e. The van der Waals surface area contributed by atoms with Crippen molar-refractivity contribution in [2.24, 2.45) is 4.99 Å². The van der Waals surface area contributed by atoms with Crippen LogP contribution in [0.1, 0.15) is 48.6 Å². The summed E-state index contributed by atoms with van der Waals surface area (Å²) in [7, 11) is 0. The van der Waals surface area contributed by atoms with Crippen LogP contribution in [0.4, 0.5) is 0 Å². The summed E-state index contributed by atoms with van der Waals surface area (Å²) in [6, 6.07) is 33.4. The van der Waals surface area contributed by atoms with Crippen LogP contribution >= 0.6 is 0 Å². The number of hydrogen-bond donors (Lipinski definition) is 0. The van der Waals surface area contributed by atoms with Crippen LogP contribution in [0.5, 0.6) is 11.5 Å². The lowest BCUT2D eigenvalue weighted by Crippen LogP contribution is -2.11. The number of carbonyl (C=O) groups excluding carboxylic acids is 1. The molecular formula is C34H31NO4. The first kappa shape index (κ1) is 26.0. The molecule has 4 aromatic rings. The van der Waals surface area contributed by atoms with Gasteiger partial charge in [-0.1, -0.05) is 93.6 Å². The van der Waals surface area contributed by atoms with E-state index in [9.17, 15) is 4.79 Å². The van der Waals surface area contributed by atoms with E-state index >= 15 is 0 Å². The number of carbonyl (C=O) groups is 1. The minimum atomic E-state index is -0.497. The first-order valence-electron chi connectivity index (χ1n) is 13.0. The average Bonchev–Trinajstić information content (AvgIpc) is 3.32. The predicted octanol–water partition coefficient (Wildman–Crippen LogP) is 7.49. The van der Waals surface area contributed by atoms with Crippen molar-refractivity contribution in [3.05, 3.63) is 137 Å². The lowest BCUT2D eigenvalue weighted by molar-refractivity contribution is -0.129. The van der Waals surface area contributed by atoms with Crippen molar-refractivity contribution in [1.29, 1.82) is 0 Å². The van der Waals surface area contributed by atoms with Gasteiger partial charge in [-0.05, 0) is 52.4 Å². The van der Waals surface area contributed by atoms with E-state index in [4.69, 9.17) is 14.2 Å². The summed E-state index contributed by atoms with van der Waals surface area (Å²) in [5, 5.41) is 0. The molecule has 0 N–H and O–H groups in total. The van der Waals surface area contributed by atoms with Gasteiger partial charge in [-0.25, -0.2) is 9.79 Å². The fraction of sp³-hybridized carbons (Fsp3) is 0.176. The van der Waals surface area contributed by atoms with E-state index in [0.717, 1.165) is 16.7 Å². The molecule has 1 heterocycles. The predicted molar refractivity (Wildman–Crippen MR) is 154 cm³/mol. The fourth-order valence-electron chi connectivity index (χ4n) is 4.12. The van der Waals surface area contributed by atoms with Crippen LogP contribution in [0.2, 0.25) is 0 Å². The average molecular weight is 518 g/mol. The molecule has 0 aromatic heterocycles. The molecule has 0 atom stereocenters. The molecule has 39 heavy (non-hydrogen) atoms. The van der Waals surface area contributed by atoms with Gasteiger partial charge in [-0.2, -0.15) is 0 Å². The first-order chi connectivity index (χ1) is 18.8. The van der Waals surface area contributed by atoms with Crippen molar-refractivity contribution in [1.82, 2.24) is 0 Å². The number of ether oxygens (including phenoxy) is 3. The summed E-state index contributed by atoms with van der Waals surface area (Å²) in [4.78, 5) is 17.2. The molecule has 0 radical (unpaired) electrons. The normalized spacial score (nSPS) is 14.2. The summed E-state index contributed by atoms with van der Waals surface area (Å²) in [6.45, 7) is 7.29. The Bertz CT molecular complexity index is 1500. The highest BCUT2D eigenvalue weighted by Gasteiger charge is 2.25. The second kappa shape index (κ2) is 11.4. The molecule has 0 spiro atoms. The third-order valence-electron chi connectivity index (χ3n) is 6.38. The van der Waals surface area contributed by atoms with Gasteiger partial charge in [0, 0.05) is 17.2 Å². The van der Waals surface area contributed by atoms with Gasteiger partial charge in [0.1, 0.15) is 24.7 Å². The maximum absolute atomic E-state index is 12.7. The maximum atomic E-state index is 12.7. The van der Waals surface area contributed by atoms with E-state index in [2.05, 4.69) is 25.8 Å². The molecular weight excluding hydrogens is 486 g/mol. The molecule has 196 valence electrons. The van der Waals surface area contributed by atoms with E-state index in [0.29, 0.717) is 36.2 Å². The molecule has 0 aliphatic carbocycles. The number of esters is 1. The van der Waals surface area contributed by atoms with E-state index in [1.807, 2.05) is 103 Å². The zero-order valence-corrected chi connectivity index (χ0v) is 22.4. The molecule has 0 unspecified atom stereocenters. The molecule has 0 saturated heterocycles. The summed E-state index contributed by atoms with van der Waals surface area (Å²) in [5.41, 5.74) is 5.01. The monoisotopic (exact) mass is 517 g/mol. The van der Waals surface area contributed by atoms with Gasteiger partial charge in [0.05, 0.1) is 0 Å². The van der Waals surface area contributed by atoms with Crippen molar-refractivity contribution >= 4 is 17.9 Å². The molecule has 0 fully saturated rings. The number of benzene rings is 4. The van der Waals surface area contributed by atoms with E-state index in [-0.39, 0.29) is 11.1 Å². The molecule has 1 aliphatic rings. The number of aliphatic imine (C=N–C) groups is 1. The molecule has 5 rings (SSSR count). The van der Waals surface area contributed by atoms with Crippen molar-refractivity contribution in [3.63, 3.8) is 0 Å². The number of hydrogen-bond acceptors (Lipinski definition) is 5. The topological polar surface area (TPSA) is 57.1 Å². The van der Waals surface area contributed by atoms with Crippen LogP contribution in [0.3, 0.4) is 0 Å². The third kappa shape index (κ3) is 6.63. The van der Waals surface area contributed by atoms with Crippen molar-refractivity contribution in [2.45, 2.75) is 39.4 Å². The zero-order valence-electron chi connectivity index (χ0n) is 22.4. The molecule has 5 heteroatoms. The third-order valence-corrected chi connectivity index (χ3v) is 6.38. The number of rotatable bonds is 8. The highest BCUT2D eigenvalue weighted by atomic mass is 16.6. The maximum Gasteiger partial charge on any atom is 0.363 e. The Morgan fingerprint density at radius 1 is 0.769 bits per heavy atom. The van der Waals surface area contributed by atoms with Gasteiger partial charge in [0.2, 0.25) is 5.90 Å². The van der Waals surface area contributed by atoms with Crippen LogP contribution in [-0.2, 0) is 28.2 Å². The molecule has 1 aliphatic heterocycles. The quantitative estimate of drug-likeness (QED) is 0.180. The second-order valence-electron chi connectivity index (χ2n) is 10.4. The summed E-state index contributed by atoms with van der Waals surface area (Å²) in [5.74, 6) is 1.05. The van der Waals surface area contributed by atoms with E-state index in [1.165, 1.54) is 5.56 Å². The lowest BCUT2D eigenvalue weighted by Gasteiger charge is -2.18. The SMILES string of the molecule is CC(C)(C)c1ccc(C2=N/C(=C/c3ccc(OCc4ccccc4)cc3OCc3ccccc3)C(=O)O2)cc1. The molecule has 5 nitrogen and oxygen atoms in total. The summed E-state index contributed by atoms with van der Waals surface area (Å²) >= 11 is 0. The van der Waals surface area contributed by atoms with Crippen LogP contribution in [0.15, 0.2) is 114 Å². The van der Waals surface area contributed by atoms with Crippen LogP contribution in [-0.4, -0.2) is 11.9 Å². The fourth-order valence-corrected chi connectivity index (χ4v) is 4.12. The van der Waals surface area contributed by atoms with Crippen LogP contribution in [0.25, 0.3) is 6.08 Å². The zero-order chi connectivity index (χ0) is 27.2. The Labute approximate surface area is 229 Å². The van der Waals surface area contributed by atoms with Crippen LogP contribution < -0.4 is 9.47 Å². The van der Waals surface area contributed by atoms with Crippen molar-refractivity contribution < 1.29 is 19.0 Å². The van der Waals surface area contributed by atoms with E-state index in [1.54, 1.807) is 6.08 Å². The largest absolute Gasteiger partial charge is 0.489 e. The van der Waals surface area contributed by atoms with Gasteiger partial charge >= 0.3 is 5.97 Å². The summed E-state index contributed by atoms with van der Waals surface area (Å²) in [6.07, 6.45) is 1.69. The Kier molecular flexibility index (Phi) is 7.60. The van der Waals surface area contributed by atoms with Crippen molar-refractivity contribution in [2.75, 3.05) is 0 Å². The van der Waals surface area contributed by atoms with Gasteiger partial charge in [-0.15, -0.1) is 0 Å². The van der Waals surface area contributed by atoms with Crippen LogP contribution in [0, 0.1) is 0 Å². The number of cyclic esters (lactones) is 1. The van der Waals surface area contributed by atoms with Gasteiger partial charge in [-0.3, -0.25) is 0 Å². The van der Waals surface area contributed by atoms with E-state index < -0.39 is 5.97 Å².